The Balaban J connectivity index is 1.60. The van der Waals surface area contributed by atoms with Crippen LogP contribution in [0.2, 0.25) is 0 Å². The summed E-state index contributed by atoms with van der Waals surface area (Å²) in [5.41, 5.74) is 6.28. The van der Waals surface area contributed by atoms with Gasteiger partial charge in [0.25, 0.3) is 0 Å². The van der Waals surface area contributed by atoms with E-state index in [-0.39, 0.29) is 0 Å². The van der Waals surface area contributed by atoms with Crippen LogP contribution in [0.15, 0.2) is 97.6 Å². The van der Waals surface area contributed by atoms with Crippen LogP contribution in [0.1, 0.15) is 18.9 Å². The maximum Gasteiger partial charge on any atom is 0.141 e. The van der Waals surface area contributed by atoms with Gasteiger partial charge in [-0.2, -0.15) is 0 Å². The van der Waals surface area contributed by atoms with Crippen LogP contribution >= 0.6 is 0 Å². The largest absolute Gasteiger partial charge is 0.497 e. The number of aromatic nitrogens is 4. The number of hydrogen-bond donors (Lipinski definition) is 0. The van der Waals surface area contributed by atoms with E-state index in [1.54, 1.807) is 14.2 Å². The molecule has 0 saturated carbocycles. The second-order valence-electron chi connectivity index (χ2n) is 9.58. The van der Waals surface area contributed by atoms with Gasteiger partial charge >= 0.3 is 0 Å². The van der Waals surface area contributed by atoms with Crippen LogP contribution in [-0.2, 0) is 17.8 Å². The van der Waals surface area contributed by atoms with Gasteiger partial charge < -0.3 is 23.3 Å². The maximum atomic E-state index is 5.45. The predicted octanol–water partition coefficient (Wildman–Crippen LogP) is 7.24. The molecule has 5 aromatic rings. The van der Waals surface area contributed by atoms with Gasteiger partial charge in [0.1, 0.15) is 17.3 Å². The second kappa shape index (κ2) is 13.6. The van der Waals surface area contributed by atoms with Gasteiger partial charge in [-0.3, -0.25) is 0 Å². The molecule has 7 heteroatoms. The minimum absolute atomic E-state index is 0.607. The monoisotopic (exact) mass is 548 g/mol. The van der Waals surface area contributed by atoms with Gasteiger partial charge in [0.15, 0.2) is 0 Å². The van der Waals surface area contributed by atoms with Gasteiger partial charge in [0, 0.05) is 48.8 Å². The van der Waals surface area contributed by atoms with Crippen molar-refractivity contribution in [3.8, 4) is 45.4 Å². The van der Waals surface area contributed by atoms with Gasteiger partial charge in [0.05, 0.1) is 38.5 Å². The molecule has 7 nitrogen and oxygen atoms in total. The van der Waals surface area contributed by atoms with Crippen molar-refractivity contribution >= 4 is 6.08 Å². The van der Waals surface area contributed by atoms with Crippen molar-refractivity contribution in [2.45, 2.75) is 26.4 Å². The smallest absolute Gasteiger partial charge is 0.141 e. The highest BCUT2D eigenvalue weighted by atomic mass is 16.5. The van der Waals surface area contributed by atoms with Crippen molar-refractivity contribution < 1.29 is 14.2 Å². The Hall–Kier alpha value is -4.62. The van der Waals surface area contributed by atoms with E-state index in [2.05, 4.69) is 68.7 Å². The highest BCUT2D eigenvalue weighted by molar-refractivity contribution is 5.82. The van der Waals surface area contributed by atoms with Crippen LogP contribution in [0.25, 0.3) is 40.0 Å². The van der Waals surface area contributed by atoms with Gasteiger partial charge in [-0.1, -0.05) is 36.4 Å². The first-order valence-corrected chi connectivity index (χ1v) is 13.9. The summed E-state index contributed by atoms with van der Waals surface area (Å²) < 4.78 is 20.8. The number of nitrogens with zero attached hydrogens (tertiary/aromatic N) is 4. The molecule has 0 aliphatic heterocycles. The molecule has 0 aliphatic carbocycles. The summed E-state index contributed by atoms with van der Waals surface area (Å²) in [6, 6.07) is 24.8. The van der Waals surface area contributed by atoms with E-state index >= 15 is 0 Å². The van der Waals surface area contributed by atoms with Crippen LogP contribution in [0.4, 0.5) is 0 Å². The second-order valence-corrected chi connectivity index (χ2v) is 9.58. The number of benzene rings is 3. The minimum Gasteiger partial charge on any atom is -0.497 e. The first-order chi connectivity index (χ1) is 20.2. The summed E-state index contributed by atoms with van der Waals surface area (Å²) in [6.07, 6.45) is 10.7. The molecular formula is C34H36N4O3. The summed E-state index contributed by atoms with van der Waals surface area (Å²) in [7, 11) is 3.37. The van der Waals surface area contributed by atoms with Crippen LogP contribution in [-0.4, -0.2) is 46.5 Å². The zero-order chi connectivity index (χ0) is 28.4. The molecule has 0 amide bonds. The summed E-state index contributed by atoms with van der Waals surface area (Å²) in [5, 5.41) is 0. The predicted molar refractivity (Wildman–Crippen MR) is 164 cm³/mol. The van der Waals surface area contributed by atoms with E-state index in [4.69, 9.17) is 19.2 Å². The zero-order valence-corrected chi connectivity index (χ0v) is 23.9. The van der Waals surface area contributed by atoms with Crippen molar-refractivity contribution in [2.75, 3.05) is 27.4 Å². The molecule has 5 rings (SSSR count). The average molecular weight is 549 g/mol. The first-order valence-electron chi connectivity index (χ1n) is 13.9. The fourth-order valence-corrected chi connectivity index (χ4v) is 4.83. The first kappa shape index (κ1) is 27.9. The van der Waals surface area contributed by atoms with E-state index in [1.165, 1.54) is 0 Å². The molecule has 0 saturated heterocycles. The molecule has 0 unspecified atom stereocenters. The topological polar surface area (TPSA) is 63.3 Å². The number of ether oxygens (including phenoxy) is 3. The van der Waals surface area contributed by atoms with Crippen molar-refractivity contribution in [3.63, 3.8) is 0 Å². The van der Waals surface area contributed by atoms with E-state index in [0.717, 1.165) is 70.5 Å². The molecular weight excluding hydrogens is 512 g/mol. The fourth-order valence-electron chi connectivity index (χ4n) is 4.83. The third-order valence-corrected chi connectivity index (χ3v) is 6.95. The lowest BCUT2D eigenvalue weighted by Crippen LogP contribution is -2.06. The van der Waals surface area contributed by atoms with Crippen molar-refractivity contribution in [2.24, 2.45) is 0 Å². The highest BCUT2D eigenvalue weighted by Gasteiger charge is 2.21. The Labute approximate surface area is 241 Å². The average Bonchev–Trinajstić information content (AvgIpc) is 3.68. The van der Waals surface area contributed by atoms with Crippen LogP contribution in [0.5, 0.6) is 11.5 Å². The SMILES string of the molecule is CCOC/C=C/c1ccc(-c2nc(-c3ccc(OC)cc3)c(-c3ccc(OC)cc3)n2CCCn2ccnc2)cc1. The Kier molecular flexibility index (Phi) is 9.29. The lowest BCUT2D eigenvalue weighted by atomic mass is 10.0. The third-order valence-electron chi connectivity index (χ3n) is 6.95. The summed E-state index contributed by atoms with van der Waals surface area (Å²) in [4.78, 5) is 9.49. The normalized spacial score (nSPS) is 11.3. The highest BCUT2D eigenvalue weighted by Crippen LogP contribution is 2.38. The summed E-state index contributed by atoms with van der Waals surface area (Å²) in [5.74, 6) is 2.56. The number of rotatable bonds is 13. The van der Waals surface area contributed by atoms with E-state index in [0.29, 0.717) is 13.2 Å². The van der Waals surface area contributed by atoms with Crippen LogP contribution in [0, 0.1) is 0 Å². The van der Waals surface area contributed by atoms with Crippen molar-refractivity contribution in [3.05, 3.63) is 103 Å². The Morgan fingerprint density at radius 2 is 1.44 bits per heavy atom. The molecule has 3 aromatic carbocycles. The van der Waals surface area contributed by atoms with E-state index < -0.39 is 0 Å². The quantitative estimate of drug-likeness (QED) is 0.145. The number of hydrogen-bond acceptors (Lipinski definition) is 5. The Morgan fingerprint density at radius 1 is 0.780 bits per heavy atom. The van der Waals surface area contributed by atoms with Gasteiger partial charge in [-0.05, 0) is 67.4 Å². The standard InChI is InChI=1S/C34H36N4O3/c1-4-41-24-5-7-26-8-10-29(11-9-26)34-36-32(27-12-16-30(39-2)17-13-27)33(28-14-18-31(40-3)19-15-28)38(34)22-6-21-37-23-20-35-25-37/h5,7-20,23,25H,4,6,21-22,24H2,1-3H3/b7-5+. The van der Waals surface area contributed by atoms with E-state index in [9.17, 15) is 0 Å². The zero-order valence-electron chi connectivity index (χ0n) is 23.9. The molecule has 0 atom stereocenters. The summed E-state index contributed by atoms with van der Waals surface area (Å²) in [6.45, 7) is 4.96. The van der Waals surface area contributed by atoms with Crippen LogP contribution < -0.4 is 9.47 Å². The lowest BCUT2D eigenvalue weighted by Gasteiger charge is -2.14. The molecule has 0 fully saturated rings. The molecule has 0 spiro atoms. The van der Waals surface area contributed by atoms with Crippen molar-refractivity contribution in [1.29, 1.82) is 0 Å². The Morgan fingerprint density at radius 3 is 2.05 bits per heavy atom. The molecule has 0 bridgehead atoms. The van der Waals surface area contributed by atoms with Crippen LogP contribution in [0.3, 0.4) is 0 Å². The van der Waals surface area contributed by atoms with E-state index in [1.807, 2.05) is 56.0 Å². The van der Waals surface area contributed by atoms with Crippen molar-refractivity contribution in [1.82, 2.24) is 19.1 Å². The molecule has 0 N–H and O–H groups in total. The molecule has 0 aliphatic rings. The molecule has 41 heavy (non-hydrogen) atoms. The van der Waals surface area contributed by atoms with Gasteiger partial charge in [-0.15, -0.1) is 0 Å². The number of aryl methyl sites for hydroxylation is 1. The van der Waals surface area contributed by atoms with Gasteiger partial charge in [-0.25, -0.2) is 9.97 Å². The lowest BCUT2D eigenvalue weighted by molar-refractivity contribution is 0.178. The fraction of sp³-hybridized carbons (Fsp3) is 0.235. The van der Waals surface area contributed by atoms with Gasteiger partial charge in [0.2, 0.25) is 0 Å². The number of imidazole rings is 2. The number of methoxy groups -OCH3 is 2. The molecule has 2 aromatic heterocycles. The Bertz CT molecular complexity index is 1540. The minimum atomic E-state index is 0.607. The molecule has 2 heterocycles. The molecule has 0 radical (unpaired) electrons. The maximum absolute atomic E-state index is 5.45. The molecule has 210 valence electrons. The summed E-state index contributed by atoms with van der Waals surface area (Å²) >= 11 is 0. The third kappa shape index (κ3) is 6.76.